The van der Waals surface area contributed by atoms with E-state index in [9.17, 15) is 9.59 Å². The lowest BCUT2D eigenvalue weighted by Gasteiger charge is -2.22. The molecule has 0 aliphatic carbocycles. The predicted octanol–water partition coefficient (Wildman–Crippen LogP) is 5.50. The maximum absolute atomic E-state index is 12.2. The van der Waals surface area contributed by atoms with Crippen LogP contribution in [-0.2, 0) is 4.74 Å². The van der Waals surface area contributed by atoms with Crippen LogP contribution in [0.5, 0.6) is 11.5 Å². The SMILES string of the molecule is O=C(O)c1ccc(OC(=O)c2ccc(OCCCCCCC3CCCCO3)cc2)cc1. The Kier molecular flexibility index (Phi) is 8.91. The minimum atomic E-state index is -1.03. The number of benzene rings is 2. The molecule has 0 bridgehead atoms. The van der Waals surface area contributed by atoms with Gasteiger partial charge in [-0.1, -0.05) is 19.3 Å². The van der Waals surface area contributed by atoms with Crippen LogP contribution in [0.25, 0.3) is 0 Å². The van der Waals surface area contributed by atoms with E-state index in [2.05, 4.69) is 0 Å². The summed E-state index contributed by atoms with van der Waals surface area (Å²) < 4.78 is 16.8. The largest absolute Gasteiger partial charge is 0.494 e. The summed E-state index contributed by atoms with van der Waals surface area (Å²) in [5.41, 5.74) is 0.541. The molecule has 2 aromatic carbocycles. The predicted molar refractivity (Wildman–Crippen MR) is 117 cm³/mol. The number of carbonyl (C=O) groups excluding carboxylic acids is 1. The highest BCUT2D eigenvalue weighted by Crippen LogP contribution is 2.19. The van der Waals surface area contributed by atoms with E-state index in [1.54, 1.807) is 24.3 Å². The molecule has 2 aromatic rings. The van der Waals surface area contributed by atoms with E-state index >= 15 is 0 Å². The van der Waals surface area contributed by atoms with E-state index in [0.717, 1.165) is 25.2 Å². The number of carbonyl (C=O) groups is 2. The summed E-state index contributed by atoms with van der Waals surface area (Å²) in [6.07, 6.45) is 9.90. The molecule has 1 saturated heterocycles. The van der Waals surface area contributed by atoms with Gasteiger partial charge in [-0.2, -0.15) is 0 Å². The van der Waals surface area contributed by atoms with Gasteiger partial charge in [0.25, 0.3) is 0 Å². The molecule has 1 unspecified atom stereocenters. The molecule has 0 saturated carbocycles. The fraction of sp³-hybridized carbons (Fsp3) is 0.440. The highest BCUT2D eigenvalue weighted by molar-refractivity contribution is 5.91. The molecule has 3 rings (SSSR count). The molecule has 6 heteroatoms. The van der Waals surface area contributed by atoms with Crippen molar-refractivity contribution in [3.05, 3.63) is 59.7 Å². The molecular formula is C25H30O6. The number of carboxylic acids is 1. The summed E-state index contributed by atoms with van der Waals surface area (Å²) in [6, 6.07) is 12.5. The van der Waals surface area contributed by atoms with Crippen molar-refractivity contribution < 1.29 is 28.9 Å². The lowest BCUT2D eigenvalue weighted by atomic mass is 10.0. The van der Waals surface area contributed by atoms with E-state index in [1.165, 1.54) is 62.8 Å². The first-order valence-electron chi connectivity index (χ1n) is 11.0. The summed E-state index contributed by atoms with van der Waals surface area (Å²) in [5, 5.41) is 8.90. The van der Waals surface area contributed by atoms with Crippen molar-refractivity contribution in [1.29, 1.82) is 0 Å². The van der Waals surface area contributed by atoms with Gasteiger partial charge in [0.05, 0.1) is 23.8 Å². The fourth-order valence-electron chi connectivity index (χ4n) is 3.57. The monoisotopic (exact) mass is 426 g/mol. The smallest absolute Gasteiger partial charge is 0.343 e. The molecule has 1 heterocycles. The van der Waals surface area contributed by atoms with Gasteiger partial charge in [0.2, 0.25) is 0 Å². The molecule has 1 N–H and O–H groups in total. The van der Waals surface area contributed by atoms with E-state index in [1.807, 2.05) is 0 Å². The van der Waals surface area contributed by atoms with Gasteiger partial charge in [-0.25, -0.2) is 9.59 Å². The zero-order chi connectivity index (χ0) is 21.9. The standard InChI is InChI=1S/C25H30O6/c26-24(27)19-9-15-23(16-10-19)31-25(28)20-11-13-22(14-12-20)30-17-5-2-1-3-7-21-8-4-6-18-29-21/h9-16,21H,1-8,17-18H2,(H,26,27). The first-order valence-corrected chi connectivity index (χ1v) is 11.0. The summed E-state index contributed by atoms with van der Waals surface area (Å²) in [7, 11) is 0. The highest BCUT2D eigenvalue weighted by Gasteiger charge is 2.13. The Morgan fingerprint density at radius 3 is 2.23 bits per heavy atom. The van der Waals surface area contributed by atoms with Gasteiger partial charge in [0, 0.05) is 6.61 Å². The summed E-state index contributed by atoms with van der Waals surface area (Å²) >= 11 is 0. The molecule has 0 radical (unpaired) electrons. The second-order valence-electron chi connectivity index (χ2n) is 7.78. The Morgan fingerprint density at radius 2 is 1.55 bits per heavy atom. The Morgan fingerprint density at radius 1 is 0.871 bits per heavy atom. The number of hydrogen-bond donors (Lipinski definition) is 1. The molecule has 0 amide bonds. The van der Waals surface area contributed by atoms with Gasteiger partial charge in [-0.05, 0) is 80.6 Å². The third-order valence-corrected chi connectivity index (χ3v) is 5.36. The van der Waals surface area contributed by atoms with Gasteiger partial charge >= 0.3 is 11.9 Å². The van der Waals surface area contributed by atoms with Gasteiger partial charge < -0.3 is 19.3 Å². The van der Waals surface area contributed by atoms with E-state index < -0.39 is 11.9 Å². The van der Waals surface area contributed by atoms with Crippen molar-refractivity contribution in [3.8, 4) is 11.5 Å². The van der Waals surface area contributed by atoms with E-state index in [4.69, 9.17) is 19.3 Å². The highest BCUT2D eigenvalue weighted by atomic mass is 16.5. The van der Waals surface area contributed by atoms with Gasteiger partial charge in [0.15, 0.2) is 0 Å². The van der Waals surface area contributed by atoms with Crippen molar-refractivity contribution in [3.63, 3.8) is 0 Å². The van der Waals surface area contributed by atoms with Crippen LogP contribution in [0.1, 0.15) is 72.1 Å². The van der Waals surface area contributed by atoms with Crippen LogP contribution >= 0.6 is 0 Å². The van der Waals surface area contributed by atoms with Crippen molar-refractivity contribution in [2.45, 2.75) is 57.5 Å². The number of hydrogen-bond acceptors (Lipinski definition) is 5. The molecule has 31 heavy (non-hydrogen) atoms. The van der Waals surface area contributed by atoms with E-state index in [0.29, 0.717) is 24.0 Å². The molecule has 1 aliphatic rings. The Balaban J connectivity index is 1.32. The number of esters is 1. The second kappa shape index (κ2) is 12.1. The maximum atomic E-state index is 12.2. The van der Waals surface area contributed by atoms with Crippen molar-refractivity contribution in [2.24, 2.45) is 0 Å². The molecule has 166 valence electrons. The summed E-state index contributed by atoms with van der Waals surface area (Å²) in [5.74, 6) is -0.512. The summed E-state index contributed by atoms with van der Waals surface area (Å²) in [4.78, 5) is 23.1. The average Bonchev–Trinajstić information content (AvgIpc) is 2.80. The topological polar surface area (TPSA) is 82.1 Å². The average molecular weight is 427 g/mol. The lowest BCUT2D eigenvalue weighted by molar-refractivity contribution is 0.00974. The molecule has 0 spiro atoms. The number of rotatable bonds is 11. The van der Waals surface area contributed by atoms with Crippen molar-refractivity contribution in [2.75, 3.05) is 13.2 Å². The first-order chi connectivity index (χ1) is 15.1. The Bertz CT molecular complexity index is 822. The molecule has 1 fully saturated rings. The molecule has 6 nitrogen and oxygen atoms in total. The fourth-order valence-corrected chi connectivity index (χ4v) is 3.57. The molecule has 1 aliphatic heterocycles. The molecular weight excluding hydrogens is 396 g/mol. The third kappa shape index (κ3) is 7.72. The third-order valence-electron chi connectivity index (χ3n) is 5.36. The minimum Gasteiger partial charge on any atom is -0.494 e. The van der Waals surface area contributed by atoms with E-state index in [-0.39, 0.29) is 5.56 Å². The van der Waals surface area contributed by atoms with Crippen molar-refractivity contribution in [1.82, 2.24) is 0 Å². The number of aromatic carboxylic acids is 1. The molecule has 0 aromatic heterocycles. The maximum Gasteiger partial charge on any atom is 0.343 e. The number of unbranched alkanes of at least 4 members (excludes halogenated alkanes) is 3. The Hall–Kier alpha value is -2.86. The second-order valence-corrected chi connectivity index (χ2v) is 7.78. The molecule has 1 atom stereocenters. The zero-order valence-electron chi connectivity index (χ0n) is 17.8. The number of carboxylic acid groups (broad SMARTS) is 1. The van der Waals surface area contributed by atoms with Crippen LogP contribution < -0.4 is 9.47 Å². The number of ether oxygens (including phenoxy) is 3. The normalized spacial score (nSPS) is 15.9. The van der Waals surface area contributed by atoms with Crippen molar-refractivity contribution >= 4 is 11.9 Å². The van der Waals surface area contributed by atoms with Gasteiger partial charge in [-0.3, -0.25) is 0 Å². The Labute approximate surface area is 183 Å². The quantitative estimate of drug-likeness (QED) is 0.290. The van der Waals surface area contributed by atoms with Gasteiger partial charge in [-0.15, -0.1) is 0 Å². The van der Waals surface area contributed by atoms with Crippen LogP contribution in [-0.4, -0.2) is 36.4 Å². The van der Waals surface area contributed by atoms with Crippen LogP contribution in [0.15, 0.2) is 48.5 Å². The van der Waals surface area contributed by atoms with Crippen LogP contribution in [0.3, 0.4) is 0 Å². The van der Waals surface area contributed by atoms with Crippen LogP contribution in [0, 0.1) is 0 Å². The summed E-state index contributed by atoms with van der Waals surface area (Å²) in [6.45, 7) is 1.58. The first kappa shape index (κ1) is 22.8. The van der Waals surface area contributed by atoms with Gasteiger partial charge in [0.1, 0.15) is 11.5 Å². The minimum absolute atomic E-state index is 0.138. The lowest BCUT2D eigenvalue weighted by Crippen LogP contribution is -2.18. The van der Waals surface area contributed by atoms with Crippen LogP contribution in [0.2, 0.25) is 0 Å². The van der Waals surface area contributed by atoms with Crippen LogP contribution in [0.4, 0.5) is 0 Å². The zero-order valence-corrected chi connectivity index (χ0v) is 17.8.